The van der Waals surface area contributed by atoms with Crippen molar-refractivity contribution in [3.05, 3.63) is 376 Å². The number of hydrogen-bond donors (Lipinski definition) is 0. The molecule has 454 valence electrons. The molecule has 0 saturated carbocycles. The molecule has 0 spiro atoms. The first-order valence-corrected chi connectivity index (χ1v) is 34.0. The van der Waals surface area contributed by atoms with Gasteiger partial charge in [-0.25, -0.2) is 0 Å². The first kappa shape index (κ1) is 56.8. The van der Waals surface area contributed by atoms with Crippen molar-refractivity contribution in [2.24, 2.45) is 0 Å². The maximum Gasteiger partial charge on any atom is -0.00928 e. The van der Waals surface area contributed by atoms with Gasteiger partial charge in [0, 0.05) is 0 Å². The number of benzene rings is 20. The van der Waals surface area contributed by atoms with Crippen LogP contribution in [0.15, 0.2) is 376 Å². The minimum absolute atomic E-state index is 1.22. The molecule has 0 unspecified atom stereocenters. The van der Waals surface area contributed by atoms with Crippen LogP contribution in [0.3, 0.4) is 0 Å². The SMILES string of the molecule is c1cc(-c2cccc(-c3ccc4c5ccccc5c5ccccc5c4c3)c2)cc(-c2ccc3c4ccccc4c4ccccc4c3c2)c1.c1ccc(-c2ccc3cc(-c4ccc5cc(-c6cccc(-c7ccc8c9ccccc9c9ccccc9c8c7)c6)ccc5c4)ccc3c2)cc1. The third-order valence-electron chi connectivity index (χ3n) is 20.6. The molecule has 0 atom stereocenters. The van der Waals surface area contributed by atoms with E-state index < -0.39 is 0 Å². The normalized spacial score (nSPS) is 11.7. The molecule has 98 heavy (non-hydrogen) atoms. The Kier molecular flexibility index (Phi) is 13.7. The van der Waals surface area contributed by atoms with Gasteiger partial charge in [0.1, 0.15) is 0 Å². The monoisotopic (exact) mass is 1240 g/mol. The molecule has 0 fully saturated rings. The van der Waals surface area contributed by atoms with Crippen molar-refractivity contribution >= 4 is 118 Å². The van der Waals surface area contributed by atoms with Gasteiger partial charge in [0.2, 0.25) is 0 Å². The second-order valence-corrected chi connectivity index (χ2v) is 26.2. The fraction of sp³-hybridized carbons (Fsp3) is 0. The number of rotatable bonds is 7. The van der Waals surface area contributed by atoms with E-state index in [1.807, 2.05) is 0 Å². The molecule has 0 bridgehead atoms. The van der Waals surface area contributed by atoms with Crippen molar-refractivity contribution in [3.8, 4) is 77.9 Å². The lowest BCUT2D eigenvalue weighted by Gasteiger charge is -2.13. The predicted molar refractivity (Wildman–Crippen MR) is 424 cm³/mol. The zero-order valence-corrected chi connectivity index (χ0v) is 53.8. The predicted octanol–water partition coefficient (Wildman–Crippen LogP) is 27.7. The summed E-state index contributed by atoms with van der Waals surface area (Å²) in [6, 6.07) is 138. The summed E-state index contributed by atoms with van der Waals surface area (Å²) >= 11 is 0. The Morgan fingerprint density at radius 3 is 0.490 bits per heavy atom. The van der Waals surface area contributed by atoms with Crippen LogP contribution in [-0.4, -0.2) is 0 Å². The Bertz CT molecular complexity index is 6300. The van der Waals surface area contributed by atoms with Gasteiger partial charge < -0.3 is 0 Å². The van der Waals surface area contributed by atoms with Crippen LogP contribution in [0.4, 0.5) is 0 Å². The first-order chi connectivity index (χ1) is 48.5. The molecule has 0 radical (unpaired) electrons. The van der Waals surface area contributed by atoms with Crippen LogP contribution in [0.1, 0.15) is 0 Å². The Hall–Kier alpha value is -12.7. The highest BCUT2D eigenvalue weighted by Gasteiger charge is 2.16. The summed E-state index contributed by atoms with van der Waals surface area (Å²) in [7, 11) is 0. The van der Waals surface area contributed by atoms with Gasteiger partial charge in [-0.3, -0.25) is 0 Å². The minimum Gasteiger partial charge on any atom is -0.0622 e. The van der Waals surface area contributed by atoms with Gasteiger partial charge in [-0.15, -0.1) is 0 Å². The van der Waals surface area contributed by atoms with Crippen LogP contribution in [0, 0.1) is 0 Å². The maximum absolute atomic E-state index is 2.38. The number of hydrogen-bond acceptors (Lipinski definition) is 0. The summed E-state index contributed by atoms with van der Waals surface area (Å²) in [5, 5.41) is 28.4. The summed E-state index contributed by atoms with van der Waals surface area (Å²) in [5.74, 6) is 0. The highest BCUT2D eigenvalue weighted by Crippen LogP contribution is 2.43. The van der Waals surface area contributed by atoms with Crippen molar-refractivity contribution in [2.75, 3.05) is 0 Å². The van der Waals surface area contributed by atoms with Crippen molar-refractivity contribution in [1.29, 1.82) is 0 Å². The average Bonchev–Trinajstić information content (AvgIpc) is 0.756. The Morgan fingerprint density at radius 1 is 0.0816 bits per heavy atom. The van der Waals surface area contributed by atoms with E-state index in [2.05, 4.69) is 376 Å². The molecule has 20 rings (SSSR count). The van der Waals surface area contributed by atoms with E-state index in [1.165, 1.54) is 196 Å². The molecule has 0 amide bonds. The molecule has 20 aromatic rings. The lowest BCUT2D eigenvalue weighted by Crippen LogP contribution is -1.87. The van der Waals surface area contributed by atoms with Crippen LogP contribution >= 0.6 is 0 Å². The van der Waals surface area contributed by atoms with E-state index in [9.17, 15) is 0 Å². The fourth-order valence-corrected chi connectivity index (χ4v) is 15.7. The molecule has 20 aromatic carbocycles. The van der Waals surface area contributed by atoms with Gasteiger partial charge in [0.15, 0.2) is 0 Å². The van der Waals surface area contributed by atoms with Gasteiger partial charge in [0.25, 0.3) is 0 Å². The van der Waals surface area contributed by atoms with Crippen molar-refractivity contribution < 1.29 is 0 Å². The van der Waals surface area contributed by atoms with Crippen molar-refractivity contribution in [1.82, 2.24) is 0 Å². The quantitative estimate of drug-likeness (QED) is 0.140. The fourth-order valence-electron chi connectivity index (χ4n) is 15.7. The highest BCUT2D eigenvalue weighted by atomic mass is 14.2. The van der Waals surface area contributed by atoms with E-state index >= 15 is 0 Å². The van der Waals surface area contributed by atoms with E-state index in [-0.39, 0.29) is 0 Å². The van der Waals surface area contributed by atoms with E-state index in [0.717, 1.165) is 0 Å². The van der Waals surface area contributed by atoms with Crippen LogP contribution in [0.5, 0.6) is 0 Å². The van der Waals surface area contributed by atoms with Gasteiger partial charge >= 0.3 is 0 Å². The molecule has 0 aromatic heterocycles. The summed E-state index contributed by atoms with van der Waals surface area (Å²) in [6.07, 6.45) is 0. The van der Waals surface area contributed by atoms with Crippen LogP contribution in [0.25, 0.3) is 196 Å². The van der Waals surface area contributed by atoms with Crippen molar-refractivity contribution in [2.45, 2.75) is 0 Å². The van der Waals surface area contributed by atoms with Gasteiger partial charge in [0.05, 0.1) is 0 Å². The molecule has 0 aliphatic rings. The molecule has 0 nitrogen and oxygen atoms in total. The molecular weight excluding hydrogens is 1180 g/mol. The van der Waals surface area contributed by atoms with Crippen LogP contribution in [-0.2, 0) is 0 Å². The van der Waals surface area contributed by atoms with Gasteiger partial charge in [-0.1, -0.05) is 315 Å². The van der Waals surface area contributed by atoms with Crippen LogP contribution in [0.2, 0.25) is 0 Å². The molecule has 0 heterocycles. The van der Waals surface area contributed by atoms with Gasteiger partial charge in [-0.05, 0) is 257 Å². The largest absolute Gasteiger partial charge is 0.0622 e. The Labute approximate surface area is 568 Å². The standard InChI is InChI=1S/C50H32.C48H30/c1-2-9-33(10-3-1)36-17-18-39-30-42(22-21-38(39)28-36)43-24-23-40-29-37(19-20-41(40)31-43)34-11-8-12-35(27-34)44-25-26-49-47-15-5-4-13-45(47)46-14-6-7-16-48(46)50(49)32-44;1-3-19-41-37(15-1)39-17-5-7-21-43(39)47-29-35(23-25-45(41)47)33-13-9-11-31(27-33)32-12-10-14-34(28-32)36-24-26-46-42-20-4-2-16-38(42)40-18-6-8-22-44(40)48(46)30-36/h1-32H;1-30H. The molecule has 0 aliphatic heterocycles. The lowest BCUT2D eigenvalue weighted by atomic mass is 9.90. The average molecular weight is 1240 g/mol. The molecular formula is C98H62. The zero-order valence-electron chi connectivity index (χ0n) is 53.8. The third-order valence-corrected chi connectivity index (χ3v) is 20.6. The third kappa shape index (κ3) is 9.92. The highest BCUT2D eigenvalue weighted by molar-refractivity contribution is 6.28. The number of fused-ring (bicyclic) bond motifs is 20. The van der Waals surface area contributed by atoms with E-state index in [0.29, 0.717) is 0 Å². The summed E-state index contributed by atoms with van der Waals surface area (Å²) < 4.78 is 0. The second kappa shape index (κ2) is 23.6. The smallest absolute Gasteiger partial charge is 0.00928 e. The molecule has 0 saturated heterocycles. The molecule has 0 aliphatic carbocycles. The Morgan fingerprint density at radius 2 is 0.245 bits per heavy atom. The maximum atomic E-state index is 2.38. The van der Waals surface area contributed by atoms with Crippen molar-refractivity contribution in [3.63, 3.8) is 0 Å². The summed E-state index contributed by atoms with van der Waals surface area (Å²) in [5.41, 5.74) is 17.2. The van der Waals surface area contributed by atoms with E-state index in [4.69, 9.17) is 0 Å². The molecule has 0 N–H and O–H groups in total. The summed E-state index contributed by atoms with van der Waals surface area (Å²) in [4.78, 5) is 0. The second-order valence-electron chi connectivity index (χ2n) is 26.2. The first-order valence-electron chi connectivity index (χ1n) is 34.0. The minimum atomic E-state index is 1.22. The van der Waals surface area contributed by atoms with Gasteiger partial charge in [-0.2, -0.15) is 0 Å². The Balaban J connectivity index is 0.000000137. The summed E-state index contributed by atoms with van der Waals surface area (Å²) in [6.45, 7) is 0. The molecule has 0 heteroatoms. The topological polar surface area (TPSA) is 0 Å². The lowest BCUT2D eigenvalue weighted by molar-refractivity contribution is 1.59. The van der Waals surface area contributed by atoms with E-state index in [1.54, 1.807) is 0 Å². The zero-order chi connectivity index (χ0) is 64.6. The van der Waals surface area contributed by atoms with Crippen LogP contribution < -0.4 is 0 Å².